The summed E-state index contributed by atoms with van der Waals surface area (Å²) in [4.78, 5) is 25.1. The van der Waals surface area contributed by atoms with Crippen LogP contribution in [0.1, 0.15) is 28.5 Å². The highest BCUT2D eigenvalue weighted by Crippen LogP contribution is 2.13. The molecule has 1 rings (SSSR count). The van der Waals surface area contributed by atoms with Crippen LogP contribution in [0, 0.1) is 0 Å². The number of carbonyl (C=O) groups is 2. The van der Waals surface area contributed by atoms with Crippen molar-refractivity contribution in [2.75, 3.05) is 7.11 Å². The van der Waals surface area contributed by atoms with Gasteiger partial charge in [0.1, 0.15) is 5.69 Å². The largest absolute Gasteiger partial charge is 0.469 e. The number of carbonyl (C=O) groups excluding carboxylic acids is 2. The third-order valence-corrected chi connectivity index (χ3v) is 1.97. The second kappa shape index (κ2) is 5.21. The number of pyridine rings is 1. The zero-order valence-corrected chi connectivity index (χ0v) is 8.34. The number of methoxy groups -OCH3 is 1. The van der Waals surface area contributed by atoms with Gasteiger partial charge in [-0.2, -0.15) is 0 Å². The lowest BCUT2D eigenvalue weighted by atomic mass is 10.1. The molecular weight excluding hydrogens is 196 g/mol. The average Bonchev–Trinajstić information content (AvgIpc) is 2.29. The fourth-order valence-corrected chi connectivity index (χ4v) is 1.09. The van der Waals surface area contributed by atoms with Crippen LogP contribution in [0.3, 0.4) is 0 Å². The third kappa shape index (κ3) is 3.14. The van der Waals surface area contributed by atoms with Gasteiger partial charge >= 0.3 is 5.97 Å². The van der Waals surface area contributed by atoms with E-state index in [1.807, 2.05) is 0 Å². The molecule has 0 saturated heterocycles. The van der Waals surface area contributed by atoms with Crippen molar-refractivity contribution in [3.8, 4) is 0 Å². The van der Waals surface area contributed by atoms with E-state index in [0.29, 0.717) is 17.5 Å². The maximum absolute atomic E-state index is 10.9. The van der Waals surface area contributed by atoms with Gasteiger partial charge in [-0.25, -0.2) is 0 Å². The first kappa shape index (κ1) is 11.3. The Morgan fingerprint density at radius 3 is 2.87 bits per heavy atom. The minimum Gasteiger partial charge on any atom is -0.469 e. The number of aromatic nitrogens is 1. The van der Waals surface area contributed by atoms with Crippen LogP contribution in [0.25, 0.3) is 0 Å². The van der Waals surface area contributed by atoms with Crippen molar-refractivity contribution in [1.29, 1.82) is 0 Å². The molecule has 5 heteroatoms. The van der Waals surface area contributed by atoms with Gasteiger partial charge in [0, 0.05) is 12.2 Å². The number of rotatable bonds is 4. The number of aldehydes is 1. The van der Waals surface area contributed by atoms with Crippen molar-refractivity contribution < 1.29 is 14.3 Å². The van der Waals surface area contributed by atoms with E-state index in [-0.39, 0.29) is 12.4 Å². The molecule has 0 bridgehead atoms. The number of nitrogens with zero attached hydrogens (tertiary/aromatic N) is 1. The van der Waals surface area contributed by atoms with Crippen molar-refractivity contribution in [1.82, 2.24) is 4.98 Å². The Morgan fingerprint density at radius 1 is 1.67 bits per heavy atom. The van der Waals surface area contributed by atoms with Gasteiger partial charge in [0.15, 0.2) is 6.29 Å². The van der Waals surface area contributed by atoms with E-state index in [1.165, 1.54) is 13.3 Å². The highest BCUT2D eigenvalue weighted by atomic mass is 16.5. The molecule has 2 N–H and O–H groups in total. The number of ether oxygens (including phenoxy) is 1. The Balaban J connectivity index is 2.69. The van der Waals surface area contributed by atoms with Crippen LogP contribution in [0.15, 0.2) is 18.3 Å². The fourth-order valence-electron chi connectivity index (χ4n) is 1.09. The molecule has 0 fully saturated rings. The maximum Gasteiger partial charge on any atom is 0.307 e. The summed E-state index contributed by atoms with van der Waals surface area (Å²) in [5.74, 6) is -0.373. The van der Waals surface area contributed by atoms with E-state index in [1.54, 1.807) is 12.1 Å². The number of nitrogens with two attached hydrogens (primary N) is 1. The first-order chi connectivity index (χ1) is 7.17. The summed E-state index contributed by atoms with van der Waals surface area (Å²) >= 11 is 0. The summed E-state index contributed by atoms with van der Waals surface area (Å²) < 4.78 is 4.49. The summed E-state index contributed by atoms with van der Waals surface area (Å²) in [5, 5.41) is 0. The van der Waals surface area contributed by atoms with Gasteiger partial charge in [0.05, 0.1) is 13.5 Å². The minimum absolute atomic E-state index is 0.0958. The molecule has 0 aliphatic heterocycles. The topological polar surface area (TPSA) is 82.3 Å². The first-order valence-electron chi connectivity index (χ1n) is 4.41. The Hall–Kier alpha value is -1.75. The van der Waals surface area contributed by atoms with Gasteiger partial charge in [-0.05, 0) is 11.6 Å². The molecular formula is C10H12N2O3. The molecule has 0 radical (unpaired) electrons. The van der Waals surface area contributed by atoms with Crippen molar-refractivity contribution in [3.05, 3.63) is 29.6 Å². The Morgan fingerprint density at radius 2 is 2.40 bits per heavy atom. The van der Waals surface area contributed by atoms with E-state index in [0.717, 1.165) is 0 Å². The molecule has 0 amide bonds. The second-order valence-electron chi connectivity index (χ2n) is 3.02. The van der Waals surface area contributed by atoms with Crippen LogP contribution in [-0.4, -0.2) is 24.3 Å². The fraction of sp³-hybridized carbons (Fsp3) is 0.300. The summed E-state index contributed by atoms with van der Waals surface area (Å²) in [7, 11) is 1.31. The normalized spacial score (nSPS) is 11.9. The zero-order chi connectivity index (χ0) is 11.3. The lowest BCUT2D eigenvalue weighted by molar-refractivity contribution is -0.141. The molecule has 0 spiro atoms. The zero-order valence-electron chi connectivity index (χ0n) is 8.34. The molecule has 1 heterocycles. The smallest absolute Gasteiger partial charge is 0.307 e. The van der Waals surface area contributed by atoms with Crippen LogP contribution < -0.4 is 5.73 Å². The van der Waals surface area contributed by atoms with E-state index in [4.69, 9.17) is 5.73 Å². The molecule has 0 aliphatic carbocycles. The van der Waals surface area contributed by atoms with Crippen molar-refractivity contribution in [3.63, 3.8) is 0 Å². The summed E-state index contributed by atoms with van der Waals surface area (Å²) in [6.45, 7) is 0. The van der Waals surface area contributed by atoms with E-state index in [9.17, 15) is 9.59 Å². The monoisotopic (exact) mass is 208 g/mol. The SMILES string of the molecule is COC(=O)C[C@@H](N)c1ccc(C=O)nc1. The summed E-state index contributed by atoms with van der Waals surface area (Å²) in [5.41, 5.74) is 6.77. The molecule has 1 aromatic heterocycles. The molecule has 1 aromatic rings. The van der Waals surface area contributed by atoms with Crippen LogP contribution in [0.2, 0.25) is 0 Å². The molecule has 0 aromatic carbocycles. The van der Waals surface area contributed by atoms with E-state index < -0.39 is 6.04 Å². The van der Waals surface area contributed by atoms with E-state index in [2.05, 4.69) is 9.72 Å². The van der Waals surface area contributed by atoms with Crippen LogP contribution in [0.4, 0.5) is 0 Å². The van der Waals surface area contributed by atoms with Crippen LogP contribution in [-0.2, 0) is 9.53 Å². The van der Waals surface area contributed by atoms with Crippen molar-refractivity contribution >= 4 is 12.3 Å². The summed E-state index contributed by atoms with van der Waals surface area (Å²) in [6, 6.07) is 2.77. The highest BCUT2D eigenvalue weighted by molar-refractivity contribution is 5.72. The van der Waals surface area contributed by atoms with Crippen LogP contribution >= 0.6 is 0 Å². The minimum atomic E-state index is -0.453. The van der Waals surface area contributed by atoms with Gasteiger partial charge in [0.2, 0.25) is 0 Å². The van der Waals surface area contributed by atoms with Gasteiger partial charge in [-0.3, -0.25) is 14.6 Å². The van der Waals surface area contributed by atoms with Crippen LogP contribution in [0.5, 0.6) is 0 Å². The standard InChI is InChI=1S/C10H12N2O3/c1-15-10(14)4-9(11)7-2-3-8(6-13)12-5-7/h2-3,5-6,9H,4,11H2,1H3/t9-/m1/s1. The second-order valence-corrected chi connectivity index (χ2v) is 3.02. The molecule has 0 aliphatic rings. The Labute approximate surface area is 87.3 Å². The van der Waals surface area contributed by atoms with Gasteiger partial charge in [-0.1, -0.05) is 6.07 Å². The highest BCUT2D eigenvalue weighted by Gasteiger charge is 2.11. The molecule has 1 atom stereocenters. The predicted molar refractivity (Wildman–Crippen MR) is 53.2 cm³/mol. The Kier molecular flexibility index (Phi) is 3.93. The number of hydrogen-bond donors (Lipinski definition) is 1. The number of hydrogen-bond acceptors (Lipinski definition) is 5. The Bertz CT molecular complexity index is 348. The average molecular weight is 208 g/mol. The first-order valence-corrected chi connectivity index (χ1v) is 4.41. The number of esters is 1. The quantitative estimate of drug-likeness (QED) is 0.574. The lowest BCUT2D eigenvalue weighted by Gasteiger charge is -2.09. The maximum atomic E-state index is 10.9. The van der Waals surface area contributed by atoms with E-state index >= 15 is 0 Å². The molecule has 0 unspecified atom stereocenters. The van der Waals surface area contributed by atoms with Gasteiger partial charge in [0.25, 0.3) is 0 Å². The molecule has 5 nitrogen and oxygen atoms in total. The van der Waals surface area contributed by atoms with Gasteiger partial charge in [-0.15, -0.1) is 0 Å². The molecule has 80 valence electrons. The van der Waals surface area contributed by atoms with Gasteiger partial charge < -0.3 is 10.5 Å². The lowest BCUT2D eigenvalue weighted by Crippen LogP contribution is -2.16. The summed E-state index contributed by atoms with van der Waals surface area (Å²) in [6.07, 6.45) is 2.23. The van der Waals surface area contributed by atoms with Crippen molar-refractivity contribution in [2.45, 2.75) is 12.5 Å². The third-order valence-electron chi connectivity index (χ3n) is 1.97. The molecule has 0 saturated carbocycles. The molecule has 15 heavy (non-hydrogen) atoms. The van der Waals surface area contributed by atoms with Crippen molar-refractivity contribution in [2.24, 2.45) is 5.73 Å². The predicted octanol–water partition coefficient (Wildman–Crippen LogP) is 0.457.